The molecule has 0 spiro atoms. The van der Waals surface area contributed by atoms with Crippen molar-refractivity contribution in [3.05, 3.63) is 58.7 Å². The molecule has 0 aromatic heterocycles. The number of aliphatic hydroxyl groups excluding tert-OH is 1. The molecule has 4 N–H and O–H groups in total. The van der Waals surface area contributed by atoms with E-state index in [0.29, 0.717) is 5.56 Å². The lowest BCUT2D eigenvalue weighted by atomic mass is 9.74. The third-order valence-electron chi connectivity index (χ3n) is 5.16. The van der Waals surface area contributed by atoms with Crippen molar-refractivity contribution >= 4 is 0 Å². The lowest BCUT2D eigenvalue weighted by Gasteiger charge is -2.38. The number of benzene rings is 2. The van der Waals surface area contributed by atoms with Crippen molar-refractivity contribution in [1.29, 1.82) is 0 Å². The lowest BCUT2D eigenvalue weighted by Crippen LogP contribution is -2.40. The Morgan fingerprint density at radius 1 is 1.13 bits per heavy atom. The van der Waals surface area contributed by atoms with E-state index in [0.717, 1.165) is 36.1 Å². The van der Waals surface area contributed by atoms with Gasteiger partial charge in [-0.15, -0.1) is 0 Å². The fourth-order valence-corrected chi connectivity index (χ4v) is 3.92. The summed E-state index contributed by atoms with van der Waals surface area (Å²) in [6, 6.07) is 12.0. The summed E-state index contributed by atoms with van der Waals surface area (Å²) in [4.78, 5) is 0. The number of hydrogen-bond donors (Lipinski definition) is 4. The Balaban J connectivity index is 2.05. The first-order valence-electron chi connectivity index (χ1n) is 8.11. The van der Waals surface area contributed by atoms with Crippen molar-refractivity contribution in [1.82, 2.24) is 5.32 Å². The van der Waals surface area contributed by atoms with Crippen molar-refractivity contribution in [2.24, 2.45) is 0 Å². The highest BCUT2D eigenvalue weighted by atomic mass is 16.5. The maximum atomic E-state index is 10.5. The fraction of sp³-hybridized carbons (Fsp3) is 0.368. The second-order valence-corrected chi connectivity index (χ2v) is 6.58. The van der Waals surface area contributed by atoms with Crippen LogP contribution in [0.2, 0.25) is 0 Å². The van der Waals surface area contributed by atoms with Gasteiger partial charge in [0, 0.05) is 11.6 Å². The normalized spacial score (nSPS) is 20.6. The Hall–Kier alpha value is -1.72. The second kappa shape index (κ2) is 5.14. The molecule has 0 saturated heterocycles. The maximum Gasteiger partial charge on any atom is 0.217 e. The van der Waals surface area contributed by atoms with Gasteiger partial charge in [0.1, 0.15) is 6.10 Å². The molecule has 1 aliphatic carbocycles. The molecule has 1 heterocycles. The van der Waals surface area contributed by atoms with Crippen LogP contribution in [0.3, 0.4) is 0 Å². The predicted molar refractivity (Wildman–Crippen MR) is 87.8 cm³/mol. The molecule has 2 aliphatic rings. The highest BCUT2D eigenvalue weighted by Crippen LogP contribution is 2.46. The van der Waals surface area contributed by atoms with Gasteiger partial charge < -0.3 is 20.6 Å². The van der Waals surface area contributed by atoms with Gasteiger partial charge in [-0.25, -0.2) is 0 Å². The van der Waals surface area contributed by atoms with E-state index in [9.17, 15) is 15.3 Å². The van der Waals surface area contributed by atoms with Gasteiger partial charge in [-0.3, -0.25) is 0 Å². The molecular weight excluding hydrogens is 290 g/mol. The van der Waals surface area contributed by atoms with Crippen LogP contribution in [-0.2, 0) is 18.6 Å². The summed E-state index contributed by atoms with van der Waals surface area (Å²) < 4.78 is 0. The van der Waals surface area contributed by atoms with Crippen molar-refractivity contribution in [2.45, 2.75) is 37.7 Å². The molecule has 4 nitrogen and oxygen atoms in total. The van der Waals surface area contributed by atoms with Crippen LogP contribution in [0.15, 0.2) is 36.4 Å². The van der Waals surface area contributed by atoms with Gasteiger partial charge in [0.15, 0.2) is 0 Å². The van der Waals surface area contributed by atoms with Crippen LogP contribution < -0.4 is 5.32 Å². The molecule has 2 unspecified atom stereocenters. The number of fused-ring (bicyclic) bond motifs is 2. The topological polar surface area (TPSA) is 72.7 Å². The van der Waals surface area contributed by atoms with Crippen molar-refractivity contribution in [3.63, 3.8) is 0 Å². The summed E-state index contributed by atoms with van der Waals surface area (Å²) in [6.07, 6.45) is 0.554. The number of rotatable bonds is 2. The fourth-order valence-electron chi connectivity index (χ4n) is 3.92. The molecule has 0 radical (unpaired) electrons. The number of aliphatic hydroxyl groups is 3. The molecule has 2 aromatic carbocycles. The zero-order valence-corrected chi connectivity index (χ0v) is 13.1. The quantitative estimate of drug-likeness (QED) is 0.636. The van der Waals surface area contributed by atoms with Gasteiger partial charge >= 0.3 is 0 Å². The van der Waals surface area contributed by atoms with Crippen LogP contribution in [0.25, 0.3) is 11.1 Å². The molecule has 0 fully saturated rings. The highest BCUT2D eigenvalue weighted by molar-refractivity contribution is 5.79. The molecule has 0 bridgehead atoms. The molecular formula is C19H21NO3. The molecule has 120 valence electrons. The molecule has 4 rings (SSSR count). The smallest absolute Gasteiger partial charge is 0.217 e. The SMILES string of the molecule is CC(O)C(O)(O)c1ccc2c3c1-c1ccccc1CC3NCC2. The first-order valence-corrected chi connectivity index (χ1v) is 8.11. The van der Waals surface area contributed by atoms with E-state index >= 15 is 0 Å². The molecule has 2 aromatic rings. The summed E-state index contributed by atoms with van der Waals surface area (Å²) in [5.41, 5.74) is 5.88. The van der Waals surface area contributed by atoms with Gasteiger partial charge in [0.25, 0.3) is 0 Å². The summed E-state index contributed by atoms with van der Waals surface area (Å²) >= 11 is 0. The molecule has 0 amide bonds. The van der Waals surface area contributed by atoms with Crippen LogP contribution in [0.4, 0.5) is 0 Å². The minimum atomic E-state index is -2.27. The standard InChI is InChI=1S/C19H21NO3/c1-11(21)19(22,23)15-7-6-12-8-9-20-16-10-13-4-2-3-5-14(13)18(15)17(12)16/h2-7,11,16,20-23H,8-10H2,1H3. The van der Waals surface area contributed by atoms with E-state index in [4.69, 9.17) is 0 Å². The third kappa shape index (κ3) is 2.14. The average molecular weight is 311 g/mol. The van der Waals surface area contributed by atoms with Gasteiger partial charge in [-0.1, -0.05) is 36.4 Å². The average Bonchev–Trinajstić information content (AvgIpc) is 2.55. The van der Waals surface area contributed by atoms with Crippen LogP contribution in [0.5, 0.6) is 0 Å². The summed E-state index contributed by atoms with van der Waals surface area (Å²) in [5.74, 6) is -2.27. The molecule has 0 saturated carbocycles. The van der Waals surface area contributed by atoms with E-state index in [1.807, 2.05) is 24.3 Å². The van der Waals surface area contributed by atoms with Crippen LogP contribution >= 0.6 is 0 Å². The molecule has 4 heteroatoms. The minimum Gasteiger partial charge on any atom is -0.387 e. The molecule has 1 aliphatic heterocycles. The zero-order valence-electron chi connectivity index (χ0n) is 13.1. The van der Waals surface area contributed by atoms with Crippen molar-refractivity contribution < 1.29 is 15.3 Å². The van der Waals surface area contributed by atoms with E-state index < -0.39 is 11.9 Å². The Bertz CT molecular complexity index is 767. The van der Waals surface area contributed by atoms with E-state index in [1.54, 1.807) is 6.07 Å². The number of hydrogen-bond acceptors (Lipinski definition) is 4. The molecule has 2 atom stereocenters. The first-order chi connectivity index (χ1) is 11.0. The summed E-state index contributed by atoms with van der Waals surface area (Å²) in [6.45, 7) is 2.33. The largest absolute Gasteiger partial charge is 0.387 e. The predicted octanol–water partition coefficient (Wildman–Crippen LogP) is 1.61. The Kier molecular flexibility index (Phi) is 3.32. The van der Waals surface area contributed by atoms with E-state index in [1.165, 1.54) is 18.1 Å². The van der Waals surface area contributed by atoms with Gasteiger partial charge in [0.2, 0.25) is 5.79 Å². The van der Waals surface area contributed by atoms with Crippen LogP contribution in [0.1, 0.15) is 35.2 Å². The van der Waals surface area contributed by atoms with Crippen LogP contribution in [0, 0.1) is 0 Å². The van der Waals surface area contributed by atoms with E-state index in [-0.39, 0.29) is 6.04 Å². The van der Waals surface area contributed by atoms with Gasteiger partial charge in [-0.05, 0) is 54.1 Å². The maximum absolute atomic E-state index is 10.5. The van der Waals surface area contributed by atoms with Crippen molar-refractivity contribution in [3.8, 4) is 11.1 Å². The van der Waals surface area contributed by atoms with Gasteiger partial charge in [-0.2, -0.15) is 0 Å². The second-order valence-electron chi connectivity index (χ2n) is 6.58. The Labute approximate surface area is 135 Å². The highest BCUT2D eigenvalue weighted by Gasteiger charge is 2.39. The monoisotopic (exact) mass is 311 g/mol. The van der Waals surface area contributed by atoms with E-state index in [2.05, 4.69) is 11.4 Å². The summed E-state index contributed by atoms with van der Waals surface area (Å²) in [7, 11) is 0. The lowest BCUT2D eigenvalue weighted by molar-refractivity contribution is -0.228. The zero-order chi connectivity index (χ0) is 16.2. The third-order valence-corrected chi connectivity index (χ3v) is 5.16. The Morgan fingerprint density at radius 3 is 2.70 bits per heavy atom. The minimum absolute atomic E-state index is 0.188. The van der Waals surface area contributed by atoms with Crippen molar-refractivity contribution in [2.75, 3.05) is 6.54 Å². The van der Waals surface area contributed by atoms with Crippen LogP contribution in [-0.4, -0.2) is 28.0 Å². The molecule has 23 heavy (non-hydrogen) atoms. The summed E-state index contributed by atoms with van der Waals surface area (Å²) in [5, 5.41) is 34.4. The number of nitrogens with one attached hydrogen (secondary N) is 1. The van der Waals surface area contributed by atoms with Gasteiger partial charge in [0.05, 0.1) is 0 Å². The Morgan fingerprint density at radius 2 is 1.91 bits per heavy atom. The first kappa shape index (κ1) is 14.8.